The molecule has 6 nitrogen and oxygen atoms in total. The van der Waals surface area contributed by atoms with Crippen LogP contribution in [0.5, 0.6) is 0 Å². The van der Waals surface area contributed by atoms with Crippen molar-refractivity contribution in [3.63, 3.8) is 0 Å². The lowest BCUT2D eigenvalue weighted by Gasteiger charge is -2.06. The van der Waals surface area contributed by atoms with E-state index in [4.69, 9.17) is 0 Å². The Labute approximate surface area is 123 Å². The number of hydrogen-bond acceptors (Lipinski definition) is 5. The molecule has 0 atom stereocenters. The number of aromatic nitrogens is 1. The molecule has 2 aromatic rings. The van der Waals surface area contributed by atoms with Crippen molar-refractivity contribution < 1.29 is 9.72 Å². The molecule has 0 saturated heterocycles. The Bertz CT molecular complexity index is 671. The molecule has 1 aromatic carbocycles. The van der Waals surface area contributed by atoms with Crippen molar-refractivity contribution in [3.05, 3.63) is 56.7 Å². The first-order valence-corrected chi connectivity index (χ1v) is 6.44. The maximum Gasteiger partial charge on any atom is 0.312 e. The van der Waals surface area contributed by atoms with Crippen molar-refractivity contribution >= 4 is 38.9 Å². The highest BCUT2D eigenvalue weighted by Crippen LogP contribution is 2.28. The highest BCUT2D eigenvalue weighted by atomic mass is 79.9. The number of halogens is 1. The maximum absolute atomic E-state index is 11.2. The number of Topliss-reactive ketones (excluding diaryl/α,β-unsaturated/α-hetero) is 1. The zero-order valence-electron chi connectivity index (χ0n) is 10.5. The molecule has 2 rings (SSSR count). The van der Waals surface area contributed by atoms with Gasteiger partial charge in [-0.1, -0.05) is 0 Å². The van der Waals surface area contributed by atoms with Crippen molar-refractivity contribution in [3.8, 4) is 0 Å². The molecule has 0 aliphatic heterocycles. The van der Waals surface area contributed by atoms with Crippen LogP contribution in [0.3, 0.4) is 0 Å². The predicted molar refractivity (Wildman–Crippen MR) is 78.3 cm³/mol. The first kappa shape index (κ1) is 14.1. The van der Waals surface area contributed by atoms with Crippen LogP contribution in [0.2, 0.25) is 0 Å². The first-order valence-electron chi connectivity index (χ1n) is 5.65. The lowest BCUT2D eigenvalue weighted by molar-refractivity contribution is -0.384. The summed E-state index contributed by atoms with van der Waals surface area (Å²) in [4.78, 5) is 25.6. The fraction of sp³-hybridized carbons (Fsp3) is 0.0769. The molecular formula is C13H10BrN3O3. The Balaban J connectivity index is 2.30. The Morgan fingerprint density at radius 1 is 1.35 bits per heavy atom. The number of nitrogens with one attached hydrogen (secondary N) is 1. The number of ketones is 1. The Hall–Kier alpha value is -2.28. The SMILES string of the molecule is CC(=O)c1ccc(Nc2ncc(Br)cc2[N+](=O)[O-])cc1. The van der Waals surface area contributed by atoms with Crippen molar-refractivity contribution in [1.29, 1.82) is 0 Å². The number of benzene rings is 1. The van der Waals surface area contributed by atoms with Gasteiger partial charge in [-0.05, 0) is 47.1 Å². The molecule has 1 aromatic heterocycles. The minimum absolute atomic E-state index is 0.0377. The number of carbonyl (C=O) groups excluding carboxylic acids is 1. The zero-order chi connectivity index (χ0) is 14.7. The number of nitro groups is 1. The highest BCUT2D eigenvalue weighted by molar-refractivity contribution is 9.10. The molecule has 0 saturated carbocycles. The summed E-state index contributed by atoms with van der Waals surface area (Å²) in [6.07, 6.45) is 1.47. The number of rotatable bonds is 4. The quantitative estimate of drug-likeness (QED) is 0.523. The van der Waals surface area contributed by atoms with Gasteiger partial charge in [-0.25, -0.2) is 4.98 Å². The number of hydrogen-bond donors (Lipinski definition) is 1. The van der Waals surface area contributed by atoms with E-state index in [0.717, 1.165) is 0 Å². The van der Waals surface area contributed by atoms with Gasteiger partial charge in [0.15, 0.2) is 5.78 Å². The number of anilines is 2. The lowest BCUT2D eigenvalue weighted by atomic mass is 10.1. The van der Waals surface area contributed by atoms with Gasteiger partial charge in [0.1, 0.15) is 0 Å². The number of nitrogens with zero attached hydrogens (tertiary/aromatic N) is 2. The second-order valence-electron chi connectivity index (χ2n) is 4.04. The summed E-state index contributed by atoms with van der Waals surface area (Å²) in [5.74, 6) is 0.109. The molecule has 0 bridgehead atoms. The van der Waals surface area contributed by atoms with Crippen molar-refractivity contribution in [2.24, 2.45) is 0 Å². The summed E-state index contributed by atoms with van der Waals surface area (Å²) < 4.78 is 0.529. The van der Waals surface area contributed by atoms with Gasteiger partial charge in [-0.15, -0.1) is 0 Å². The summed E-state index contributed by atoms with van der Waals surface area (Å²) in [6, 6.07) is 8.01. The van der Waals surface area contributed by atoms with E-state index in [1.807, 2.05) is 0 Å². The van der Waals surface area contributed by atoms with Crippen molar-refractivity contribution in [2.75, 3.05) is 5.32 Å². The van der Waals surface area contributed by atoms with Crippen LogP contribution in [0.25, 0.3) is 0 Å². The van der Waals surface area contributed by atoms with Crippen LogP contribution in [0.1, 0.15) is 17.3 Å². The molecule has 1 heterocycles. The van der Waals surface area contributed by atoms with Crippen LogP contribution in [-0.2, 0) is 0 Å². The third kappa shape index (κ3) is 3.18. The summed E-state index contributed by atoms with van der Waals surface area (Å²) in [5, 5.41) is 13.8. The topological polar surface area (TPSA) is 85.1 Å². The molecule has 102 valence electrons. The van der Waals surface area contributed by atoms with E-state index in [0.29, 0.717) is 15.7 Å². The maximum atomic E-state index is 11.2. The van der Waals surface area contributed by atoms with Crippen LogP contribution < -0.4 is 5.32 Å². The van der Waals surface area contributed by atoms with E-state index < -0.39 is 4.92 Å². The van der Waals surface area contributed by atoms with Crippen molar-refractivity contribution in [1.82, 2.24) is 4.98 Å². The molecule has 20 heavy (non-hydrogen) atoms. The van der Waals surface area contributed by atoms with E-state index in [-0.39, 0.29) is 17.3 Å². The van der Waals surface area contributed by atoms with Crippen molar-refractivity contribution in [2.45, 2.75) is 6.92 Å². The molecule has 0 radical (unpaired) electrons. The van der Waals surface area contributed by atoms with Gasteiger partial charge in [0.25, 0.3) is 0 Å². The smallest absolute Gasteiger partial charge is 0.312 e. The minimum Gasteiger partial charge on any atom is -0.334 e. The van der Waals surface area contributed by atoms with E-state index in [9.17, 15) is 14.9 Å². The first-order chi connectivity index (χ1) is 9.47. The van der Waals surface area contributed by atoms with Gasteiger partial charge < -0.3 is 5.32 Å². The zero-order valence-corrected chi connectivity index (χ0v) is 12.0. The van der Waals surface area contributed by atoms with Crippen LogP contribution >= 0.6 is 15.9 Å². The Morgan fingerprint density at radius 2 is 2.00 bits per heavy atom. The van der Waals surface area contributed by atoms with E-state index in [1.54, 1.807) is 24.3 Å². The molecule has 0 aliphatic rings. The van der Waals surface area contributed by atoms with Gasteiger partial charge in [0, 0.05) is 28.0 Å². The second kappa shape index (κ2) is 5.79. The molecular weight excluding hydrogens is 326 g/mol. The fourth-order valence-electron chi connectivity index (χ4n) is 1.59. The summed E-state index contributed by atoms with van der Waals surface area (Å²) in [7, 11) is 0. The molecule has 1 N–H and O–H groups in total. The molecule has 0 spiro atoms. The molecule has 0 aliphatic carbocycles. The van der Waals surface area contributed by atoms with Gasteiger partial charge >= 0.3 is 5.69 Å². The van der Waals surface area contributed by atoms with Crippen LogP contribution in [0.4, 0.5) is 17.2 Å². The minimum atomic E-state index is -0.510. The molecule has 0 fully saturated rings. The number of pyridine rings is 1. The Kier molecular flexibility index (Phi) is 4.09. The lowest BCUT2D eigenvalue weighted by Crippen LogP contribution is -2.00. The molecule has 7 heteroatoms. The largest absolute Gasteiger partial charge is 0.334 e. The average Bonchev–Trinajstić information content (AvgIpc) is 2.41. The number of carbonyl (C=O) groups is 1. The van der Waals surface area contributed by atoms with Crippen LogP contribution in [-0.4, -0.2) is 15.7 Å². The van der Waals surface area contributed by atoms with Crippen LogP contribution in [0.15, 0.2) is 41.0 Å². The second-order valence-corrected chi connectivity index (χ2v) is 4.95. The van der Waals surface area contributed by atoms with Crippen LogP contribution in [0, 0.1) is 10.1 Å². The van der Waals surface area contributed by atoms with E-state index in [1.165, 1.54) is 19.2 Å². The molecule has 0 amide bonds. The van der Waals surface area contributed by atoms with Gasteiger partial charge in [0.2, 0.25) is 5.82 Å². The fourth-order valence-corrected chi connectivity index (χ4v) is 1.91. The molecule has 0 unspecified atom stereocenters. The summed E-state index contributed by atoms with van der Waals surface area (Å²) in [5.41, 5.74) is 1.07. The van der Waals surface area contributed by atoms with Gasteiger partial charge in [-0.2, -0.15) is 0 Å². The Morgan fingerprint density at radius 3 is 2.55 bits per heavy atom. The van der Waals surface area contributed by atoms with Gasteiger partial charge in [0.05, 0.1) is 4.92 Å². The third-order valence-corrected chi connectivity index (χ3v) is 3.02. The summed E-state index contributed by atoms with van der Waals surface area (Å²) >= 11 is 3.14. The average molecular weight is 336 g/mol. The van der Waals surface area contributed by atoms with E-state index in [2.05, 4.69) is 26.2 Å². The summed E-state index contributed by atoms with van der Waals surface area (Å²) in [6.45, 7) is 1.48. The normalized spacial score (nSPS) is 10.1. The highest BCUT2D eigenvalue weighted by Gasteiger charge is 2.16. The van der Waals surface area contributed by atoms with E-state index >= 15 is 0 Å². The predicted octanol–water partition coefficient (Wildman–Crippen LogP) is 3.70. The third-order valence-electron chi connectivity index (χ3n) is 2.59. The standard InChI is InChI=1S/C13H10BrN3O3/c1-8(18)9-2-4-11(5-3-9)16-13-12(17(19)20)6-10(14)7-15-13/h2-7H,1H3,(H,15,16). The monoisotopic (exact) mass is 335 g/mol. The van der Waals surface area contributed by atoms with Gasteiger partial charge in [-0.3, -0.25) is 14.9 Å².